The maximum Gasteiger partial charge on any atom is 0.366 e. The molecule has 3 aromatic carbocycles. The first-order chi connectivity index (χ1) is 14.9. The number of carbonyl (C=O) groups is 1. The Morgan fingerprint density at radius 2 is 1.71 bits per heavy atom. The van der Waals surface area contributed by atoms with E-state index in [9.17, 15) is 14.7 Å². The normalized spacial score (nSPS) is 13.0. The predicted molar refractivity (Wildman–Crippen MR) is 119 cm³/mol. The molecule has 1 atom stereocenters. The Labute approximate surface area is 179 Å². The van der Waals surface area contributed by atoms with Crippen LogP contribution in [0.15, 0.2) is 82.1 Å². The highest BCUT2D eigenvalue weighted by Gasteiger charge is 2.38. The molecular formula is C25H22N2O4. The minimum atomic E-state index is -1.78. The van der Waals surface area contributed by atoms with Crippen molar-refractivity contribution in [2.75, 3.05) is 5.32 Å². The first kappa shape index (κ1) is 20.5. The van der Waals surface area contributed by atoms with Crippen molar-refractivity contribution in [3.8, 4) is 0 Å². The SMILES string of the molecule is Cc1ccc(CC(O)(C(=O)Nc2ccc3c(=O)onc(C)c3c2)c2ccccc2)cc1. The summed E-state index contributed by atoms with van der Waals surface area (Å²) >= 11 is 0. The number of fused-ring (bicyclic) bond motifs is 1. The number of nitrogens with one attached hydrogen (secondary N) is 1. The van der Waals surface area contributed by atoms with E-state index in [4.69, 9.17) is 4.52 Å². The van der Waals surface area contributed by atoms with E-state index in [1.807, 2.05) is 37.3 Å². The number of aliphatic hydroxyl groups is 1. The average Bonchev–Trinajstić information content (AvgIpc) is 2.78. The topological polar surface area (TPSA) is 92.4 Å². The molecule has 0 aliphatic rings. The highest BCUT2D eigenvalue weighted by atomic mass is 16.5. The molecule has 0 saturated carbocycles. The molecule has 0 radical (unpaired) electrons. The quantitative estimate of drug-likeness (QED) is 0.517. The van der Waals surface area contributed by atoms with E-state index in [0.29, 0.717) is 27.7 Å². The molecule has 0 aliphatic carbocycles. The summed E-state index contributed by atoms with van der Waals surface area (Å²) in [6.45, 7) is 3.70. The minimum Gasteiger partial charge on any atom is -0.375 e. The monoisotopic (exact) mass is 414 g/mol. The van der Waals surface area contributed by atoms with Crippen molar-refractivity contribution in [3.05, 3.63) is 106 Å². The third-order valence-corrected chi connectivity index (χ3v) is 5.36. The molecule has 4 rings (SSSR count). The Bertz CT molecular complexity index is 1300. The molecule has 156 valence electrons. The largest absolute Gasteiger partial charge is 0.375 e. The second kappa shape index (κ2) is 8.16. The van der Waals surface area contributed by atoms with Crippen LogP contribution in [0.5, 0.6) is 0 Å². The number of nitrogens with zero attached hydrogens (tertiary/aromatic N) is 1. The van der Waals surface area contributed by atoms with Gasteiger partial charge in [0.25, 0.3) is 5.91 Å². The van der Waals surface area contributed by atoms with Gasteiger partial charge in [0, 0.05) is 17.5 Å². The van der Waals surface area contributed by atoms with E-state index >= 15 is 0 Å². The molecule has 0 aliphatic heterocycles. The van der Waals surface area contributed by atoms with Gasteiger partial charge >= 0.3 is 5.63 Å². The summed E-state index contributed by atoms with van der Waals surface area (Å²) in [5, 5.41) is 19.1. The molecule has 6 nitrogen and oxygen atoms in total. The Balaban J connectivity index is 1.71. The van der Waals surface area contributed by atoms with Gasteiger partial charge in [0.1, 0.15) is 0 Å². The van der Waals surface area contributed by atoms with Gasteiger partial charge in [-0.25, -0.2) is 4.79 Å². The number of hydrogen-bond donors (Lipinski definition) is 2. The molecular weight excluding hydrogens is 392 g/mol. The van der Waals surface area contributed by atoms with Crippen molar-refractivity contribution >= 4 is 22.4 Å². The van der Waals surface area contributed by atoms with E-state index in [1.165, 1.54) is 0 Å². The van der Waals surface area contributed by atoms with E-state index in [0.717, 1.165) is 11.1 Å². The zero-order valence-electron chi connectivity index (χ0n) is 17.3. The van der Waals surface area contributed by atoms with E-state index in [1.54, 1.807) is 49.4 Å². The lowest BCUT2D eigenvalue weighted by Crippen LogP contribution is -2.42. The van der Waals surface area contributed by atoms with Crippen molar-refractivity contribution in [2.45, 2.75) is 25.9 Å². The van der Waals surface area contributed by atoms with Gasteiger partial charge in [-0.3, -0.25) is 4.79 Å². The van der Waals surface area contributed by atoms with Crippen molar-refractivity contribution in [3.63, 3.8) is 0 Å². The van der Waals surface area contributed by atoms with E-state index in [2.05, 4.69) is 10.5 Å². The number of carbonyl (C=O) groups excluding carboxylic acids is 1. The molecule has 0 bridgehead atoms. The van der Waals surface area contributed by atoms with Crippen LogP contribution in [0.3, 0.4) is 0 Å². The molecule has 2 N–H and O–H groups in total. The lowest BCUT2D eigenvalue weighted by molar-refractivity contribution is -0.135. The summed E-state index contributed by atoms with van der Waals surface area (Å²) in [7, 11) is 0. The lowest BCUT2D eigenvalue weighted by atomic mass is 9.86. The maximum atomic E-state index is 13.3. The number of aryl methyl sites for hydroxylation is 2. The number of benzene rings is 3. The maximum absolute atomic E-state index is 13.3. The Morgan fingerprint density at radius 3 is 2.42 bits per heavy atom. The first-order valence-electron chi connectivity index (χ1n) is 9.92. The van der Waals surface area contributed by atoms with Crippen LogP contribution in [0.25, 0.3) is 10.8 Å². The second-order valence-electron chi connectivity index (χ2n) is 7.66. The Morgan fingerprint density at radius 1 is 1.00 bits per heavy atom. The summed E-state index contributed by atoms with van der Waals surface area (Å²) in [6, 6.07) is 21.4. The fourth-order valence-corrected chi connectivity index (χ4v) is 3.57. The number of anilines is 1. The predicted octanol–water partition coefficient (Wildman–Crippen LogP) is 3.87. The van der Waals surface area contributed by atoms with Crippen LogP contribution in [0, 0.1) is 13.8 Å². The van der Waals surface area contributed by atoms with Gasteiger partial charge in [-0.15, -0.1) is 0 Å². The van der Waals surface area contributed by atoms with E-state index in [-0.39, 0.29) is 6.42 Å². The molecule has 1 heterocycles. The van der Waals surface area contributed by atoms with Crippen molar-refractivity contribution in [1.82, 2.24) is 5.16 Å². The average molecular weight is 414 g/mol. The number of aromatic nitrogens is 1. The van der Waals surface area contributed by atoms with Gasteiger partial charge in [0.15, 0.2) is 5.60 Å². The van der Waals surface area contributed by atoms with Crippen LogP contribution in [-0.4, -0.2) is 16.2 Å². The number of rotatable bonds is 5. The first-order valence-corrected chi connectivity index (χ1v) is 9.92. The van der Waals surface area contributed by atoms with Gasteiger partial charge < -0.3 is 14.9 Å². The molecule has 6 heteroatoms. The van der Waals surface area contributed by atoms with Crippen LogP contribution in [0.4, 0.5) is 5.69 Å². The molecule has 0 spiro atoms. The fraction of sp³-hybridized carbons (Fsp3) is 0.160. The van der Waals surface area contributed by atoms with Crippen LogP contribution in [0.2, 0.25) is 0 Å². The molecule has 1 aromatic heterocycles. The van der Waals surface area contributed by atoms with Gasteiger partial charge in [-0.2, -0.15) is 0 Å². The highest BCUT2D eigenvalue weighted by Crippen LogP contribution is 2.29. The van der Waals surface area contributed by atoms with Gasteiger partial charge in [0.05, 0.1) is 11.1 Å². The Kier molecular flexibility index (Phi) is 5.40. The summed E-state index contributed by atoms with van der Waals surface area (Å²) < 4.78 is 4.75. The summed E-state index contributed by atoms with van der Waals surface area (Å²) in [5.41, 5.74) is 1.08. The second-order valence-corrected chi connectivity index (χ2v) is 7.66. The third-order valence-electron chi connectivity index (χ3n) is 5.36. The van der Waals surface area contributed by atoms with Gasteiger partial charge in [0.2, 0.25) is 0 Å². The highest BCUT2D eigenvalue weighted by molar-refractivity contribution is 6.00. The van der Waals surface area contributed by atoms with Gasteiger partial charge in [-0.1, -0.05) is 65.3 Å². The van der Waals surface area contributed by atoms with E-state index < -0.39 is 17.1 Å². The summed E-state index contributed by atoms with van der Waals surface area (Å²) in [6.07, 6.45) is 0.112. The Hall–Kier alpha value is -3.77. The van der Waals surface area contributed by atoms with Crippen LogP contribution >= 0.6 is 0 Å². The molecule has 31 heavy (non-hydrogen) atoms. The number of amides is 1. The molecule has 0 saturated heterocycles. The molecule has 1 amide bonds. The smallest absolute Gasteiger partial charge is 0.366 e. The number of hydrogen-bond acceptors (Lipinski definition) is 5. The lowest BCUT2D eigenvalue weighted by Gasteiger charge is -2.28. The van der Waals surface area contributed by atoms with Gasteiger partial charge in [-0.05, 0) is 43.2 Å². The fourth-order valence-electron chi connectivity index (χ4n) is 3.57. The summed E-state index contributed by atoms with van der Waals surface area (Å²) in [5.74, 6) is -0.563. The molecule has 0 fully saturated rings. The van der Waals surface area contributed by atoms with Crippen molar-refractivity contribution in [1.29, 1.82) is 0 Å². The minimum absolute atomic E-state index is 0.112. The summed E-state index contributed by atoms with van der Waals surface area (Å²) in [4.78, 5) is 25.2. The van der Waals surface area contributed by atoms with Crippen molar-refractivity contribution < 1.29 is 14.4 Å². The zero-order valence-corrected chi connectivity index (χ0v) is 17.3. The van der Waals surface area contributed by atoms with Crippen molar-refractivity contribution in [2.24, 2.45) is 0 Å². The zero-order chi connectivity index (χ0) is 22.0. The molecule has 4 aromatic rings. The standard InChI is InChI=1S/C25H22N2O4/c1-16-8-10-18(11-9-16)15-25(30,19-6-4-3-5-7-19)24(29)26-20-12-13-21-22(14-20)17(2)27-31-23(21)28/h3-14,30H,15H2,1-2H3,(H,26,29). The third kappa shape index (κ3) is 4.11. The van der Waals surface area contributed by atoms with Crippen LogP contribution in [0.1, 0.15) is 22.4 Å². The molecule has 1 unspecified atom stereocenters. The van der Waals surface area contributed by atoms with Crippen LogP contribution in [-0.2, 0) is 16.8 Å². The van der Waals surface area contributed by atoms with Crippen LogP contribution < -0.4 is 10.9 Å².